The molecule has 0 rings (SSSR count). The number of aliphatic hydroxyl groups is 1. The molecule has 1 atom stereocenters. The van der Waals surface area contributed by atoms with Gasteiger partial charge in [0.05, 0.1) is 23.6 Å². The molecule has 0 aromatic carbocycles. The van der Waals surface area contributed by atoms with Crippen LogP contribution in [0.1, 0.15) is 33.6 Å². The predicted molar refractivity (Wildman–Crippen MR) is 57.2 cm³/mol. The van der Waals surface area contributed by atoms with Crippen molar-refractivity contribution in [3.63, 3.8) is 0 Å². The fraction of sp³-hybridized carbons (Fsp3) is 0.700. The lowest BCUT2D eigenvalue weighted by Crippen LogP contribution is -2.31. The molecule has 0 heterocycles. The van der Waals surface area contributed by atoms with E-state index in [4.69, 9.17) is 0 Å². The predicted octanol–water partition coefficient (Wildman–Crippen LogP) is 1.26. The number of nitrogens with zero attached hydrogens (tertiary/aromatic N) is 1. The molecule has 92 valence electrons. The topological polar surface area (TPSA) is 89.7 Å². The molecule has 1 N–H and O–H groups in total. The lowest BCUT2D eigenvalue weighted by Gasteiger charge is -2.23. The Kier molecular flexibility index (Phi) is 5.66. The molecule has 6 heteroatoms. The Morgan fingerprint density at radius 1 is 1.56 bits per heavy atom. The highest BCUT2D eigenvalue weighted by Gasteiger charge is 2.30. The lowest BCUT2D eigenvalue weighted by atomic mass is 9.91. The van der Waals surface area contributed by atoms with Gasteiger partial charge in [0.2, 0.25) is 6.20 Å². The number of carbonyl (C=O) groups excluding carboxylic acids is 1. The second kappa shape index (κ2) is 6.22. The molecule has 0 amide bonds. The van der Waals surface area contributed by atoms with Crippen LogP contribution < -0.4 is 0 Å². The molecule has 0 aliphatic heterocycles. The first-order chi connectivity index (χ1) is 7.33. The summed E-state index contributed by atoms with van der Waals surface area (Å²) in [5.41, 5.74) is -1.33. The number of hydrogen-bond acceptors (Lipinski definition) is 5. The van der Waals surface area contributed by atoms with Crippen LogP contribution in [0.25, 0.3) is 0 Å². The zero-order chi connectivity index (χ0) is 12.8. The zero-order valence-electron chi connectivity index (χ0n) is 9.73. The molecule has 0 radical (unpaired) electrons. The average Bonchev–Trinajstić information content (AvgIpc) is 2.12. The van der Waals surface area contributed by atoms with Gasteiger partial charge >= 0.3 is 5.97 Å². The van der Waals surface area contributed by atoms with E-state index in [1.807, 2.05) is 0 Å². The van der Waals surface area contributed by atoms with Crippen LogP contribution in [0.2, 0.25) is 0 Å². The highest BCUT2D eigenvalue weighted by molar-refractivity contribution is 5.71. The van der Waals surface area contributed by atoms with Gasteiger partial charge < -0.3 is 9.84 Å². The Labute approximate surface area is 94.1 Å². The molecule has 0 fully saturated rings. The van der Waals surface area contributed by atoms with Crippen molar-refractivity contribution in [3.05, 3.63) is 21.9 Å². The van der Waals surface area contributed by atoms with Crippen LogP contribution in [0.3, 0.4) is 0 Å². The molecule has 0 saturated heterocycles. The molecule has 0 spiro atoms. The number of esters is 1. The minimum Gasteiger partial charge on any atom is -0.466 e. The molecule has 6 nitrogen and oxygen atoms in total. The van der Waals surface area contributed by atoms with E-state index in [0.717, 1.165) is 6.20 Å². The van der Waals surface area contributed by atoms with E-state index >= 15 is 0 Å². The summed E-state index contributed by atoms with van der Waals surface area (Å²) in [6.45, 7) is 4.91. The van der Waals surface area contributed by atoms with Gasteiger partial charge in [-0.05, 0) is 20.3 Å². The second-order valence-electron chi connectivity index (χ2n) is 3.55. The smallest absolute Gasteiger partial charge is 0.309 e. The van der Waals surface area contributed by atoms with Crippen molar-refractivity contribution in [2.45, 2.75) is 39.2 Å². The highest BCUT2D eigenvalue weighted by atomic mass is 16.6. The van der Waals surface area contributed by atoms with Crippen LogP contribution in [0.5, 0.6) is 0 Å². The van der Waals surface area contributed by atoms with E-state index in [9.17, 15) is 20.0 Å². The minimum absolute atomic E-state index is 0.200. The van der Waals surface area contributed by atoms with Crippen molar-refractivity contribution in [3.8, 4) is 0 Å². The molecule has 0 saturated carbocycles. The van der Waals surface area contributed by atoms with Gasteiger partial charge in [-0.2, -0.15) is 0 Å². The summed E-state index contributed by atoms with van der Waals surface area (Å²) >= 11 is 0. The molecule has 0 aliphatic carbocycles. The van der Waals surface area contributed by atoms with Crippen LogP contribution in [-0.2, 0) is 9.53 Å². The molecule has 16 heavy (non-hydrogen) atoms. The van der Waals surface area contributed by atoms with Gasteiger partial charge in [0.15, 0.2) is 0 Å². The van der Waals surface area contributed by atoms with Gasteiger partial charge in [0, 0.05) is 5.57 Å². The Morgan fingerprint density at radius 2 is 2.12 bits per heavy atom. The maximum atomic E-state index is 11.2. The lowest BCUT2D eigenvalue weighted by molar-refractivity contribution is -0.404. The standard InChI is InChI=1S/C10H17NO5/c1-4-8(7-11(14)15)10(3,13)6-9(12)16-5-2/h7,13H,4-6H2,1-3H3/b8-7+. The third-order valence-electron chi connectivity index (χ3n) is 2.13. The van der Waals surface area contributed by atoms with Gasteiger partial charge in [-0.25, -0.2) is 0 Å². The van der Waals surface area contributed by atoms with Gasteiger partial charge in [-0.15, -0.1) is 0 Å². The second-order valence-corrected chi connectivity index (χ2v) is 3.55. The SMILES string of the molecule is CCOC(=O)CC(C)(O)/C(=C/[N+](=O)[O-])CC. The largest absolute Gasteiger partial charge is 0.466 e. The summed E-state index contributed by atoms with van der Waals surface area (Å²) in [6.07, 6.45) is 0.751. The van der Waals surface area contributed by atoms with E-state index < -0.39 is 16.5 Å². The van der Waals surface area contributed by atoms with E-state index in [0.29, 0.717) is 6.42 Å². The van der Waals surface area contributed by atoms with Crippen molar-refractivity contribution in [2.24, 2.45) is 0 Å². The minimum atomic E-state index is -1.53. The van der Waals surface area contributed by atoms with E-state index in [1.165, 1.54) is 6.92 Å². The highest BCUT2D eigenvalue weighted by Crippen LogP contribution is 2.23. The maximum absolute atomic E-state index is 11.2. The Balaban J connectivity index is 4.73. The summed E-state index contributed by atoms with van der Waals surface area (Å²) in [7, 11) is 0. The van der Waals surface area contributed by atoms with Crippen LogP contribution >= 0.6 is 0 Å². The quantitative estimate of drug-likeness (QED) is 0.422. The third-order valence-corrected chi connectivity index (χ3v) is 2.13. The number of ether oxygens (including phenoxy) is 1. The van der Waals surface area contributed by atoms with E-state index in [-0.39, 0.29) is 18.6 Å². The molecular weight excluding hydrogens is 214 g/mol. The summed E-state index contributed by atoms with van der Waals surface area (Å²) in [6, 6.07) is 0. The maximum Gasteiger partial charge on any atom is 0.309 e. The number of nitro groups is 1. The molecule has 0 aromatic rings. The first-order valence-corrected chi connectivity index (χ1v) is 5.06. The first-order valence-electron chi connectivity index (χ1n) is 5.06. The molecule has 0 aromatic heterocycles. The summed E-state index contributed by atoms with van der Waals surface area (Å²) in [4.78, 5) is 20.9. The fourth-order valence-electron chi connectivity index (χ4n) is 1.35. The Morgan fingerprint density at radius 3 is 2.50 bits per heavy atom. The van der Waals surface area contributed by atoms with Gasteiger partial charge in [0.1, 0.15) is 0 Å². The number of rotatable bonds is 6. The number of hydrogen-bond donors (Lipinski definition) is 1. The van der Waals surface area contributed by atoms with Crippen molar-refractivity contribution in [2.75, 3.05) is 6.61 Å². The Bertz CT molecular complexity index is 296. The van der Waals surface area contributed by atoms with Crippen molar-refractivity contribution < 1.29 is 19.6 Å². The molecular formula is C10H17NO5. The van der Waals surface area contributed by atoms with Crippen molar-refractivity contribution in [1.29, 1.82) is 0 Å². The zero-order valence-corrected chi connectivity index (χ0v) is 9.73. The van der Waals surface area contributed by atoms with Gasteiger partial charge in [-0.3, -0.25) is 14.9 Å². The van der Waals surface area contributed by atoms with Crippen molar-refractivity contribution >= 4 is 5.97 Å². The summed E-state index contributed by atoms with van der Waals surface area (Å²) in [5.74, 6) is -0.574. The summed E-state index contributed by atoms with van der Waals surface area (Å²) < 4.78 is 4.68. The molecule has 0 bridgehead atoms. The van der Waals surface area contributed by atoms with E-state index in [1.54, 1.807) is 13.8 Å². The third kappa shape index (κ3) is 4.88. The first kappa shape index (κ1) is 14.6. The normalized spacial score (nSPS) is 15.4. The monoisotopic (exact) mass is 231 g/mol. The fourth-order valence-corrected chi connectivity index (χ4v) is 1.35. The van der Waals surface area contributed by atoms with Crippen molar-refractivity contribution in [1.82, 2.24) is 0 Å². The van der Waals surface area contributed by atoms with Gasteiger partial charge in [-0.1, -0.05) is 6.92 Å². The molecule has 1 unspecified atom stereocenters. The Hall–Kier alpha value is -1.43. The summed E-state index contributed by atoms with van der Waals surface area (Å²) in [5, 5.41) is 20.3. The van der Waals surface area contributed by atoms with Crippen LogP contribution in [-0.4, -0.2) is 28.2 Å². The van der Waals surface area contributed by atoms with E-state index in [2.05, 4.69) is 4.74 Å². The van der Waals surface area contributed by atoms with Crippen LogP contribution in [0.4, 0.5) is 0 Å². The van der Waals surface area contributed by atoms with Gasteiger partial charge in [0.25, 0.3) is 0 Å². The number of carbonyl (C=O) groups is 1. The van der Waals surface area contributed by atoms with Crippen LogP contribution in [0, 0.1) is 10.1 Å². The molecule has 0 aliphatic rings. The van der Waals surface area contributed by atoms with Crippen LogP contribution in [0.15, 0.2) is 11.8 Å². The average molecular weight is 231 g/mol.